The highest BCUT2D eigenvalue weighted by molar-refractivity contribution is 5.95. The first-order valence-corrected chi connectivity index (χ1v) is 12.8. The van der Waals surface area contributed by atoms with Crippen molar-refractivity contribution < 1.29 is 9.59 Å². The van der Waals surface area contributed by atoms with Gasteiger partial charge in [-0.2, -0.15) is 0 Å². The van der Waals surface area contributed by atoms with E-state index in [9.17, 15) is 14.4 Å². The molecular formula is C28H33N5O3. The maximum Gasteiger partial charge on any atom is 0.258 e. The number of aromatic nitrogens is 2. The molecule has 8 heteroatoms. The van der Waals surface area contributed by atoms with Crippen molar-refractivity contribution in [3.8, 4) is 0 Å². The van der Waals surface area contributed by atoms with Crippen molar-refractivity contribution in [3.63, 3.8) is 0 Å². The Morgan fingerprint density at radius 2 is 1.83 bits per heavy atom. The molecule has 1 saturated heterocycles. The first-order valence-electron chi connectivity index (χ1n) is 12.8. The Kier molecular flexibility index (Phi) is 6.51. The molecule has 3 aromatic rings. The number of benzene rings is 2. The van der Waals surface area contributed by atoms with Gasteiger partial charge in [-0.1, -0.05) is 19.1 Å². The molecule has 188 valence electrons. The normalized spacial score (nSPS) is 16.7. The lowest BCUT2D eigenvalue weighted by atomic mass is 10.0. The lowest BCUT2D eigenvalue weighted by molar-refractivity contribution is -0.131. The average Bonchev–Trinajstić information content (AvgIpc) is 3.63. The first-order chi connectivity index (χ1) is 17.3. The number of anilines is 1. The fourth-order valence-electron chi connectivity index (χ4n) is 4.81. The number of piperazine rings is 1. The van der Waals surface area contributed by atoms with Crippen LogP contribution in [0.15, 0.2) is 47.3 Å². The van der Waals surface area contributed by atoms with Crippen LogP contribution < -0.4 is 15.8 Å². The van der Waals surface area contributed by atoms with Crippen molar-refractivity contribution in [1.29, 1.82) is 0 Å². The number of rotatable bonds is 7. The van der Waals surface area contributed by atoms with E-state index in [1.165, 1.54) is 0 Å². The molecule has 8 nitrogen and oxygen atoms in total. The molecule has 1 saturated carbocycles. The van der Waals surface area contributed by atoms with Gasteiger partial charge in [-0.15, -0.1) is 0 Å². The zero-order chi connectivity index (χ0) is 25.3. The second kappa shape index (κ2) is 9.76. The molecule has 0 radical (unpaired) electrons. The maximum atomic E-state index is 12.9. The number of nitrogens with zero attached hydrogens (tertiary/aromatic N) is 3. The van der Waals surface area contributed by atoms with Crippen LogP contribution in [0, 0.1) is 0 Å². The van der Waals surface area contributed by atoms with E-state index in [1.54, 1.807) is 6.07 Å². The van der Waals surface area contributed by atoms with E-state index in [4.69, 9.17) is 0 Å². The Morgan fingerprint density at radius 3 is 2.56 bits per heavy atom. The molecule has 0 bridgehead atoms. The third-order valence-corrected chi connectivity index (χ3v) is 7.35. The van der Waals surface area contributed by atoms with Crippen LogP contribution in [-0.4, -0.2) is 58.4 Å². The van der Waals surface area contributed by atoms with E-state index < -0.39 is 0 Å². The zero-order valence-electron chi connectivity index (χ0n) is 21.0. The van der Waals surface area contributed by atoms with Crippen LogP contribution in [0.3, 0.4) is 0 Å². The molecule has 1 aliphatic heterocycles. The summed E-state index contributed by atoms with van der Waals surface area (Å²) < 4.78 is 0. The molecule has 2 aromatic carbocycles. The van der Waals surface area contributed by atoms with Gasteiger partial charge in [0, 0.05) is 55.8 Å². The van der Waals surface area contributed by atoms with Gasteiger partial charge in [0.25, 0.3) is 11.5 Å². The van der Waals surface area contributed by atoms with Crippen molar-refractivity contribution >= 4 is 28.4 Å². The van der Waals surface area contributed by atoms with Crippen LogP contribution in [0.4, 0.5) is 5.69 Å². The summed E-state index contributed by atoms with van der Waals surface area (Å²) >= 11 is 0. The summed E-state index contributed by atoms with van der Waals surface area (Å²) in [5.41, 5.74) is 3.43. The van der Waals surface area contributed by atoms with E-state index >= 15 is 0 Å². The van der Waals surface area contributed by atoms with Crippen LogP contribution in [0.5, 0.6) is 0 Å². The molecule has 2 fully saturated rings. The lowest BCUT2D eigenvalue weighted by Crippen LogP contribution is -2.49. The van der Waals surface area contributed by atoms with E-state index in [-0.39, 0.29) is 22.9 Å². The molecule has 36 heavy (non-hydrogen) atoms. The third-order valence-electron chi connectivity index (χ3n) is 7.35. The van der Waals surface area contributed by atoms with Gasteiger partial charge in [-0.05, 0) is 62.1 Å². The molecule has 2 N–H and O–H groups in total. The molecule has 2 aliphatic rings. The Hall–Kier alpha value is -3.68. The summed E-state index contributed by atoms with van der Waals surface area (Å²) in [7, 11) is 0. The molecule has 1 aromatic heterocycles. The van der Waals surface area contributed by atoms with Gasteiger partial charge in [-0.3, -0.25) is 14.4 Å². The van der Waals surface area contributed by atoms with Gasteiger partial charge in [0.15, 0.2) is 0 Å². The minimum absolute atomic E-state index is 0.00563. The van der Waals surface area contributed by atoms with E-state index in [1.807, 2.05) is 41.3 Å². The van der Waals surface area contributed by atoms with Gasteiger partial charge in [0.1, 0.15) is 5.82 Å². The summed E-state index contributed by atoms with van der Waals surface area (Å²) in [6.07, 6.45) is 3.63. The van der Waals surface area contributed by atoms with E-state index in [2.05, 4.69) is 34.0 Å². The number of fused-ring (bicyclic) bond motifs is 1. The molecule has 0 spiro atoms. The van der Waals surface area contributed by atoms with Gasteiger partial charge in [0.2, 0.25) is 5.91 Å². The summed E-state index contributed by atoms with van der Waals surface area (Å²) in [5.74, 6) is 0.605. The molecule has 1 aliphatic carbocycles. The highest BCUT2D eigenvalue weighted by Gasteiger charge is 2.38. The number of carbonyl (C=O) groups is 2. The number of aromatic amines is 1. The zero-order valence-corrected chi connectivity index (χ0v) is 21.0. The second-order valence-electron chi connectivity index (χ2n) is 10.1. The summed E-state index contributed by atoms with van der Waals surface area (Å²) in [5, 5.41) is 3.69. The summed E-state index contributed by atoms with van der Waals surface area (Å²) in [6, 6.07) is 13.2. The maximum absolute atomic E-state index is 12.9. The van der Waals surface area contributed by atoms with Crippen molar-refractivity contribution in [2.45, 2.75) is 51.5 Å². The van der Waals surface area contributed by atoms with Crippen molar-refractivity contribution in [2.24, 2.45) is 0 Å². The lowest BCUT2D eigenvalue weighted by Gasteiger charge is -2.37. The molecule has 5 rings (SSSR count). The first kappa shape index (κ1) is 24.0. The monoisotopic (exact) mass is 487 g/mol. The van der Waals surface area contributed by atoms with Crippen LogP contribution >= 0.6 is 0 Å². The minimum Gasteiger partial charge on any atom is -0.368 e. The average molecular weight is 488 g/mol. The SMILES string of the molecule is CCc1cc(C(=O)NC2(C)CC2)ccc1N1CCN(C(=O)CCc2nc3ccccc3c(=O)[nH]2)CC1. The van der Waals surface area contributed by atoms with E-state index in [0.717, 1.165) is 43.6 Å². The number of H-pyrrole nitrogens is 1. The Morgan fingerprint density at radius 1 is 1.08 bits per heavy atom. The number of nitrogens with one attached hydrogen (secondary N) is 2. The Labute approximate surface area is 210 Å². The number of hydrogen-bond acceptors (Lipinski definition) is 5. The second-order valence-corrected chi connectivity index (χ2v) is 10.1. The smallest absolute Gasteiger partial charge is 0.258 e. The quantitative estimate of drug-likeness (QED) is 0.534. The summed E-state index contributed by atoms with van der Waals surface area (Å²) in [6.45, 7) is 6.96. The minimum atomic E-state index is -0.173. The fourth-order valence-corrected chi connectivity index (χ4v) is 4.81. The number of aryl methyl sites for hydroxylation is 2. The third kappa shape index (κ3) is 5.12. The highest BCUT2D eigenvalue weighted by atomic mass is 16.2. The number of para-hydroxylation sites is 1. The van der Waals surface area contributed by atoms with E-state index in [0.29, 0.717) is 48.2 Å². The van der Waals surface area contributed by atoms with Crippen LogP contribution in [0.25, 0.3) is 10.9 Å². The fraction of sp³-hybridized carbons (Fsp3) is 0.429. The number of hydrogen-bond donors (Lipinski definition) is 2. The molecular weight excluding hydrogens is 454 g/mol. The molecule has 0 unspecified atom stereocenters. The number of amides is 2. The van der Waals surface area contributed by atoms with Crippen molar-refractivity contribution in [2.75, 3.05) is 31.1 Å². The number of carbonyl (C=O) groups excluding carboxylic acids is 2. The predicted molar refractivity (Wildman–Crippen MR) is 140 cm³/mol. The molecule has 2 amide bonds. The van der Waals surface area contributed by atoms with Gasteiger partial charge in [-0.25, -0.2) is 4.98 Å². The van der Waals surface area contributed by atoms with Crippen LogP contribution in [0.1, 0.15) is 54.9 Å². The Balaban J connectivity index is 1.17. The summed E-state index contributed by atoms with van der Waals surface area (Å²) in [4.78, 5) is 49.3. The molecule has 2 heterocycles. The topological polar surface area (TPSA) is 98.4 Å². The largest absolute Gasteiger partial charge is 0.368 e. The van der Waals surface area contributed by atoms with Crippen LogP contribution in [0.2, 0.25) is 0 Å². The van der Waals surface area contributed by atoms with Crippen molar-refractivity contribution in [1.82, 2.24) is 20.2 Å². The standard InChI is InChI=1S/C28H33N5O3/c1-3-19-18-20(26(35)31-28(2)12-13-28)8-9-23(19)32-14-16-33(17-15-32)25(34)11-10-24-29-22-7-5-4-6-21(22)27(36)30-24/h4-9,18H,3,10-17H2,1-2H3,(H,31,35)(H,29,30,36). The predicted octanol–water partition coefficient (Wildman–Crippen LogP) is 3.05. The Bertz CT molecular complexity index is 1350. The van der Waals surface area contributed by atoms with Gasteiger partial charge >= 0.3 is 0 Å². The van der Waals surface area contributed by atoms with Gasteiger partial charge in [0.05, 0.1) is 10.9 Å². The highest BCUT2D eigenvalue weighted by Crippen LogP contribution is 2.34. The van der Waals surface area contributed by atoms with Crippen molar-refractivity contribution in [3.05, 3.63) is 69.8 Å². The molecule has 0 atom stereocenters. The van der Waals surface area contributed by atoms with Gasteiger partial charge < -0.3 is 20.1 Å². The van der Waals surface area contributed by atoms with Crippen LogP contribution in [-0.2, 0) is 17.6 Å².